The van der Waals surface area contributed by atoms with Crippen molar-refractivity contribution in [2.24, 2.45) is 0 Å². The van der Waals surface area contributed by atoms with Gasteiger partial charge >= 0.3 is 0 Å². The molecule has 1 fully saturated rings. The summed E-state index contributed by atoms with van der Waals surface area (Å²) in [7, 11) is 0. The van der Waals surface area contributed by atoms with E-state index in [0.29, 0.717) is 0 Å². The predicted octanol–water partition coefficient (Wildman–Crippen LogP) is -0.354. The Bertz CT molecular complexity index is 124. The van der Waals surface area contributed by atoms with Crippen molar-refractivity contribution in [3.63, 3.8) is 0 Å². The van der Waals surface area contributed by atoms with Crippen LogP contribution in [0.1, 0.15) is 19.8 Å². The van der Waals surface area contributed by atoms with Gasteiger partial charge in [-0.2, -0.15) is 0 Å². The van der Waals surface area contributed by atoms with Gasteiger partial charge in [-0.05, 0) is 6.42 Å². The van der Waals surface area contributed by atoms with Gasteiger partial charge in [-0.25, -0.2) is 0 Å². The van der Waals surface area contributed by atoms with E-state index >= 15 is 0 Å². The van der Waals surface area contributed by atoms with E-state index < -0.39 is 6.10 Å². The summed E-state index contributed by atoms with van der Waals surface area (Å²) in [5, 5.41) is 11.7. The van der Waals surface area contributed by atoms with Crippen LogP contribution < -0.4 is 5.32 Å². The van der Waals surface area contributed by atoms with Crippen molar-refractivity contribution >= 4 is 5.91 Å². The molecule has 1 amide bonds. The number of hydrogen-bond donors (Lipinski definition) is 2. The molecule has 0 aromatic heterocycles. The van der Waals surface area contributed by atoms with Crippen LogP contribution in [0.25, 0.3) is 0 Å². The van der Waals surface area contributed by atoms with Gasteiger partial charge in [-0.1, -0.05) is 6.92 Å². The second-order valence-electron chi connectivity index (χ2n) is 2.35. The number of carbonyl (C=O) groups excluding carboxylic acids is 1. The third kappa shape index (κ3) is 1.21. The van der Waals surface area contributed by atoms with Crippen molar-refractivity contribution in [1.82, 2.24) is 5.32 Å². The second-order valence-corrected chi connectivity index (χ2v) is 2.35. The first-order valence-corrected chi connectivity index (χ1v) is 3.21. The summed E-state index contributed by atoms with van der Waals surface area (Å²) in [5.74, 6) is -0.0330. The molecule has 9 heavy (non-hydrogen) atoms. The summed E-state index contributed by atoms with van der Waals surface area (Å²) in [6, 6.07) is -0.00231. The smallest absolute Gasteiger partial charge is 0.222 e. The lowest BCUT2D eigenvalue weighted by Gasteiger charge is -2.09. The van der Waals surface area contributed by atoms with Crippen molar-refractivity contribution in [2.45, 2.75) is 31.9 Å². The quantitative estimate of drug-likeness (QED) is 0.508. The zero-order valence-electron chi connectivity index (χ0n) is 5.42. The highest BCUT2D eigenvalue weighted by molar-refractivity contribution is 5.79. The van der Waals surface area contributed by atoms with Crippen molar-refractivity contribution in [1.29, 1.82) is 0 Å². The van der Waals surface area contributed by atoms with Crippen molar-refractivity contribution in [2.75, 3.05) is 0 Å². The molecule has 2 atom stereocenters. The van der Waals surface area contributed by atoms with Crippen molar-refractivity contribution in [3.8, 4) is 0 Å². The van der Waals surface area contributed by atoms with E-state index in [1.54, 1.807) is 0 Å². The molecule has 0 aromatic carbocycles. The Morgan fingerprint density at radius 3 is 2.78 bits per heavy atom. The van der Waals surface area contributed by atoms with Gasteiger partial charge in [0.25, 0.3) is 0 Å². The maximum Gasteiger partial charge on any atom is 0.222 e. The Kier molecular flexibility index (Phi) is 1.71. The van der Waals surface area contributed by atoms with Gasteiger partial charge in [-0.15, -0.1) is 0 Å². The van der Waals surface area contributed by atoms with Crippen LogP contribution in [-0.4, -0.2) is 23.2 Å². The van der Waals surface area contributed by atoms with Gasteiger partial charge in [0, 0.05) is 0 Å². The highest BCUT2D eigenvalue weighted by Gasteiger charge is 2.28. The summed E-state index contributed by atoms with van der Waals surface area (Å²) in [6.45, 7) is 1.94. The number of aliphatic hydroxyl groups excluding tert-OH is 1. The summed E-state index contributed by atoms with van der Waals surface area (Å²) in [5.41, 5.74) is 0. The molecule has 3 heteroatoms. The average Bonchev–Trinajstić information content (AvgIpc) is 2.10. The van der Waals surface area contributed by atoms with Crippen LogP contribution >= 0.6 is 0 Å². The molecule has 1 heterocycles. The number of hydrogen-bond acceptors (Lipinski definition) is 2. The van der Waals surface area contributed by atoms with Gasteiger partial charge < -0.3 is 10.4 Å². The normalized spacial score (nSPS) is 34.7. The first-order valence-electron chi connectivity index (χ1n) is 3.21. The van der Waals surface area contributed by atoms with Gasteiger partial charge in [0.15, 0.2) is 0 Å². The Labute approximate surface area is 54.1 Å². The Morgan fingerprint density at radius 1 is 1.89 bits per heavy atom. The fraction of sp³-hybridized carbons (Fsp3) is 0.833. The third-order valence-corrected chi connectivity index (χ3v) is 1.65. The number of aliphatic hydroxyl groups is 1. The maximum absolute atomic E-state index is 10.6. The third-order valence-electron chi connectivity index (χ3n) is 1.65. The van der Waals surface area contributed by atoms with Gasteiger partial charge in [0.05, 0.1) is 18.6 Å². The highest BCUT2D eigenvalue weighted by atomic mass is 16.3. The Balaban J connectivity index is 2.47. The standard InChI is InChI=1S/C6H11NO2/c1-2-4-5(8)3-6(9)7-4/h4-5,8H,2-3H2,1H3,(H,7,9)/t4-,5+/m0/s1. The van der Waals surface area contributed by atoms with E-state index in [-0.39, 0.29) is 18.4 Å². The maximum atomic E-state index is 10.6. The van der Waals surface area contributed by atoms with Gasteiger partial charge in [0.1, 0.15) is 0 Å². The lowest BCUT2D eigenvalue weighted by atomic mass is 10.1. The summed E-state index contributed by atoms with van der Waals surface area (Å²) >= 11 is 0. The number of nitrogens with one attached hydrogen (secondary N) is 1. The van der Waals surface area contributed by atoms with Crippen LogP contribution in [0.3, 0.4) is 0 Å². The molecule has 52 valence electrons. The number of rotatable bonds is 1. The molecule has 0 saturated carbocycles. The minimum Gasteiger partial charge on any atom is -0.390 e. The summed E-state index contributed by atoms with van der Waals surface area (Å²) in [4.78, 5) is 10.6. The second kappa shape index (κ2) is 2.35. The number of carbonyl (C=O) groups is 1. The zero-order chi connectivity index (χ0) is 6.85. The molecule has 0 radical (unpaired) electrons. The summed E-state index contributed by atoms with van der Waals surface area (Å²) < 4.78 is 0. The predicted molar refractivity (Wildman–Crippen MR) is 32.8 cm³/mol. The lowest BCUT2D eigenvalue weighted by Crippen LogP contribution is -2.30. The first kappa shape index (κ1) is 6.55. The van der Waals surface area contributed by atoms with Crippen LogP contribution in [0.2, 0.25) is 0 Å². The molecule has 1 rings (SSSR count). The van der Waals surface area contributed by atoms with Crippen LogP contribution in [-0.2, 0) is 4.79 Å². The Morgan fingerprint density at radius 2 is 2.56 bits per heavy atom. The summed E-state index contributed by atoms with van der Waals surface area (Å²) in [6.07, 6.45) is 0.633. The molecule has 1 saturated heterocycles. The SMILES string of the molecule is CC[C@@H]1NC(=O)C[C@H]1O. The molecular weight excluding hydrogens is 118 g/mol. The monoisotopic (exact) mass is 129 g/mol. The van der Waals surface area contributed by atoms with E-state index in [2.05, 4.69) is 5.32 Å². The minimum absolute atomic E-state index is 0.00231. The van der Waals surface area contributed by atoms with Gasteiger partial charge in [0.2, 0.25) is 5.91 Å². The highest BCUT2D eigenvalue weighted by Crippen LogP contribution is 2.09. The fourth-order valence-corrected chi connectivity index (χ4v) is 1.07. The molecule has 3 nitrogen and oxygen atoms in total. The minimum atomic E-state index is -0.456. The molecule has 0 aromatic rings. The molecule has 0 spiro atoms. The van der Waals surface area contributed by atoms with Gasteiger partial charge in [-0.3, -0.25) is 4.79 Å². The van der Waals surface area contributed by atoms with E-state index in [0.717, 1.165) is 6.42 Å². The molecule has 2 N–H and O–H groups in total. The number of amides is 1. The van der Waals surface area contributed by atoms with E-state index in [1.807, 2.05) is 6.92 Å². The fourth-order valence-electron chi connectivity index (χ4n) is 1.07. The lowest BCUT2D eigenvalue weighted by molar-refractivity contribution is -0.119. The molecular formula is C6H11NO2. The molecule has 0 bridgehead atoms. The van der Waals surface area contributed by atoms with E-state index in [4.69, 9.17) is 5.11 Å². The molecule has 1 aliphatic heterocycles. The van der Waals surface area contributed by atoms with E-state index in [9.17, 15) is 4.79 Å². The topological polar surface area (TPSA) is 49.3 Å². The van der Waals surface area contributed by atoms with Crippen LogP contribution in [0.5, 0.6) is 0 Å². The van der Waals surface area contributed by atoms with Crippen LogP contribution in [0.4, 0.5) is 0 Å². The average molecular weight is 129 g/mol. The van der Waals surface area contributed by atoms with Crippen molar-refractivity contribution in [3.05, 3.63) is 0 Å². The largest absolute Gasteiger partial charge is 0.390 e. The molecule has 0 aliphatic carbocycles. The zero-order valence-corrected chi connectivity index (χ0v) is 5.42. The Hall–Kier alpha value is -0.570. The molecule has 0 unspecified atom stereocenters. The van der Waals surface area contributed by atoms with Crippen LogP contribution in [0, 0.1) is 0 Å². The van der Waals surface area contributed by atoms with Crippen LogP contribution in [0.15, 0.2) is 0 Å². The van der Waals surface area contributed by atoms with Crippen molar-refractivity contribution < 1.29 is 9.90 Å². The molecule has 1 aliphatic rings. The van der Waals surface area contributed by atoms with E-state index in [1.165, 1.54) is 0 Å². The first-order chi connectivity index (χ1) is 4.24.